The molecule has 3 saturated heterocycles. The van der Waals surface area contributed by atoms with Gasteiger partial charge in [0.25, 0.3) is 0 Å². The van der Waals surface area contributed by atoms with Gasteiger partial charge in [-0.3, -0.25) is 9.69 Å². The van der Waals surface area contributed by atoms with E-state index in [-0.39, 0.29) is 36.2 Å². The van der Waals surface area contributed by atoms with Gasteiger partial charge < -0.3 is 24.6 Å². The van der Waals surface area contributed by atoms with Crippen molar-refractivity contribution in [2.24, 2.45) is 0 Å². The quantitative estimate of drug-likeness (QED) is 0.463. The van der Waals surface area contributed by atoms with Gasteiger partial charge in [-0.15, -0.1) is 0 Å². The van der Waals surface area contributed by atoms with E-state index in [0.29, 0.717) is 51.3 Å². The fraction of sp³-hybridized carbons (Fsp3) is 0.733. The van der Waals surface area contributed by atoms with E-state index in [1.807, 2.05) is 41.5 Å². The fourth-order valence-electron chi connectivity index (χ4n) is 5.93. The summed E-state index contributed by atoms with van der Waals surface area (Å²) in [5.74, 6) is -0.286. The van der Waals surface area contributed by atoms with Crippen LogP contribution in [-0.2, 0) is 27.0 Å². The van der Waals surface area contributed by atoms with Crippen LogP contribution in [0.4, 0.5) is 23.7 Å². The van der Waals surface area contributed by atoms with Crippen LogP contribution in [0.15, 0.2) is 18.2 Å². The summed E-state index contributed by atoms with van der Waals surface area (Å²) in [6, 6.07) is 4.10. The molecular formula is C30H45F3N4O4. The number of esters is 1. The minimum absolute atomic E-state index is 0.0253. The lowest BCUT2D eigenvalue weighted by molar-refractivity contribution is -0.156. The average molecular weight is 583 g/mol. The highest BCUT2D eigenvalue weighted by Gasteiger charge is 2.45. The lowest BCUT2D eigenvalue weighted by Gasteiger charge is -2.41. The summed E-state index contributed by atoms with van der Waals surface area (Å²) in [4.78, 5) is 30.7. The first kappa shape index (κ1) is 31.4. The van der Waals surface area contributed by atoms with E-state index in [9.17, 15) is 22.8 Å². The Bertz CT molecular complexity index is 1120. The van der Waals surface area contributed by atoms with Gasteiger partial charge in [-0.05, 0) is 85.4 Å². The number of alkyl halides is 3. The van der Waals surface area contributed by atoms with Crippen LogP contribution in [0.1, 0.15) is 78.9 Å². The van der Waals surface area contributed by atoms with Crippen LogP contribution < -0.4 is 10.2 Å². The number of carbonyl (C=O) groups is 2. The molecule has 2 atom stereocenters. The molecule has 0 radical (unpaired) electrons. The van der Waals surface area contributed by atoms with Gasteiger partial charge in [0.1, 0.15) is 11.2 Å². The van der Waals surface area contributed by atoms with Gasteiger partial charge in [0.2, 0.25) is 0 Å². The predicted molar refractivity (Wildman–Crippen MR) is 151 cm³/mol. The predicted octanol–water partition coefficient (Wildman–Crippen LogP) is 5.19. The number of halogens is 3. The first-order chi connectivity index (χ1) is 18.8. The topological polar surface area (TPSA) is 74.4 Å². The number of fused-ring (bicyclic) bond motifs is 2. The van der Waals surface area contributed by atoms with Gasteiger partial charge >= 0.3 is 18.2 Å². The molecule has 230 valence electrons. The summed E-state index contributed by atoms with van der Waals surface area (Å²) in [7, 11) is 0. The SMILES string of the molecule is CC1(NCc2ccc(C(F)(F)F)cc2N2CC3CC2CN3CC(=O)OC(C)(C)C)CCN(C(=O)OC(C)(C)C)CC1. The summed E-state index contributed by atoms with van der Waals surface area (Å²) in [5.41, 5.74) is -0.665. The molecule has 1 amide bonds. The number of amides is 1. The number of carbonyl (C=O) groups excluding carboxylic acids is 2. The molecule has 2 bridgehead atoms. The molecule has 2 unspecified atom stereocenters. The van der Waals surface area contributed by atoms with Gasteiger partial charge in [0.05, 0.1) is 12.1 Å². The van der Waals surface area contributed by atoms with Gasteiger partial charge in [-0.25, -0.2) is 4.79 Å². The number of piperidine rings is 1. The highest BCUT2D eigenvalue weighted by Crippen LogP contribution is 2.40. The molecule has 0 saturated carbocycles. The molecule has 3 aliphatic rings. The molecule has 1 N–H and O–H groups in total. The molecule has 3 fully saturated rings. The van der Waals surface area contributed by atoms with E-state index >= 15 is 0 Å². The summed E-state index contributed by atoms with van der Waals surface area (Å²) in [6.07, 6.45) is -2.56. The largest absolute Gasteiger partial charge is 0.459 e. The van der Waals surface area contributed by atoms with Crippen LogP contribution >= 0.6 is 0 Å². The molecule has 4 rings (SSSR count). The maximum absolute atomic E-state index is 13.7. The van der Waals surface area contributed by atoms with Crippen molar-refractivity contribution >= 4 is 17.7 Å². The normalized spacial score (nSPS) is 23.2. The number of ether oxygens (including phenoxy) is 2. The lowest BCUT2D eigenvalue weighted by Crippen LogP contribution is -2.53. The third kappa shape index (κ3) is 8.06. The molecule has 41 heavy (non-hydrogen) atoms. The second kappa shape index (κ2) is 11.3. The van der Waals surface area contributed by atoms with Crippen LogP contribution in [0.5, 0.6) is 0 Å². The highest BCUT2D eigenvalue weighted by molar-refractivity contribution is 5.72. The number of piperazine rings is 1. The standard InChI is InChI=1S/C30H45F3N4O4/c1-27(2,3)40-25(38)19-36-17-23-15-22(36)18-37(23)24-14-21(30(31,32)33)9-8-20(24)16-34-29(7)10-12-35(13-11-29)26(39)41-28(4,5)6/h8-9,14,22-23,34H,10-13,15-19H2,1-7H3. The maximum Gasteiger partial charge on any atom is 0.416 e. The smallest absolute Gasteiger partial charge is 0.416 e. The molecule has 3 heterocycles. The fourth-order valence-corrected chi connectivity index (χ4v) is 5.93. The Morgan fingerprint density at radius 3 is 2.15 bits per heavy atom. The summed E-state index contributed by atoms with van der Waals surface area (Å²) in [6.45, 7) is 15.9. The third-order valence-electron chi connectivity index (χ3n) is 8.05. The van der Waals surface area contributed by atoms with Crippen molar-refractivity contribution in [1.82, 2.24) is 15.1 Å². The minimum Gasteiger partial charge on any atom is -0.459 e. The van der Waals surface area contributed by atoms with Crippen molar-refractivity contribution in [2.75, 3.05) is 37.6 Å². The van der Waals surface area contributed by atoms with Crippen LogP contribution in [0.2, 0.25) is 0 Å². The summed E-state index contributed by atoms with van der Waals surface area (Å²) in [5, 5.41) is 3.59. The van der Waals surface area contributed by atoms with Crippen molar-refractivity contribution in [1.29, 1.82) is 0 Å². The van der Waals surface area contributed by atoms with Crippen molar-refractivity contribution in [3.63, 3.8) is 0 Å². The van der Waals surface area contributed by atoms with E-state index in [1.54, 1.807) is 11.0 Å². The molecule has 8 nitrogen and oxygen atoms in total. The van der Waals surface area contributed by atoms with E-state index in [4.69, 9.17) is 9.47 Å². The second-order valence-electron chi connectivity index (χ2n) is 13.9. The first-order valence-corrected chi connectivity index (χ1v) is 14.5. The number of hydrogen-bond donors (Lipinski definition) is 1. The zero-order valence-electron chi connectivity index (χ0n) is 25.4. The number of likely N-dealkylation sites (tertiary alicyclic amines) is 2. The zero-order chi connectivity index (χ0) is 30.4. The van der Waals surface area contributed by atoms with Gasteiger partial charge in [-0.2, -0.15) is 13.2 Å². The van der Waals surface area contributed by atoms with Crippen molar-refractivity contribution in [3.8, 4) is 0 Å². The van der Waals surface area contributed by atoms with Crippen LogP contribution in [0, 0.1) is 0 Å². The summed E-state index contributed by atoms with van der Waals surface area (Å²) >= 11 is 0. The van der Waals surface area contributed by atoms with E-state index < -0.39 is 22.9 Å². The lowest BCUT2D eigenvalue weighted by atomic mass is 9.89. The third-order valence-corrected chi connectivity index (χ3v) is 8.05. The Morgan fingerprint density at radius 1 is 0.976 bits per heavy atom. The monoisotopic (exact) mass is 582 g/mol. The second-order valence-corrected chi connectivity index (χ2v) is 13.9. The Balaban J connectivity index is 1.42. The van der Waals surface area contributed by atoms with Crippen LogP contribution in [0.3, 0.4) is 0 Å². The molecule has 0 spiro atoms. The van der Waals surface area contributed by atoms with E-state index in [2.05, 4.69) is 22.0 Å². The maximum atomic E-state index is 13.7. The van der Waals surface area contributed by atoms with Crippen LogP contribution in [-0.4, -0.2) is 83.4 Å². The number of anilines is 1. The molecular weight excluding hydrogens is 537 g/mol. The Labute approximate surface area is 241 Å². The Hall–Kier alpha value is -2.53. The van der Waals surface area contributed by atoms with Gasteiger partial charge in [-0.1, -0.05) is 6.07 Å². The highest BCUT2D eigenvalue weighted by atomic mass is 19.4. The number of benzene rings is 1. The van der Waals surface area contributed by atoms with E-state index in [0.717, 1.165) is 18.1 Å². The minimum atomic E-state index is -4.44. The average Bonchev–Trinajstić information content (AvgIpc) is 3.40. The van der Waals surface area contributed by atoms with Gasteiger partial charge in [0, 0.05) is 56.0 Å². The van der Waals surface area contributed by atoms with Crippen molar-refractivity contribution in [2.45, 2.75) is 109 Å². The number of nitrogens with one attached hydrogen (secondary N) is 1. The molecule has 3 aliphatic heterocycles. The molecule has 0 aliphatic carbocycles. The molecule has 11 heteroatoms. The Morgan fingerprint density at radius 2 is 1.61 bits per heavy atom. The molecule has 0 aromatic heterocycles. The van der Waals surface area contributed by atoms with Gasteiger partial charge in [0.15, 0.2) is 0 Å². The summed E-state index contributed by atoms with van der Waals surface area (Å²) < 4.78 is 52.1. The number of rotatable bonds is 6. The number of hydrogen-bond acceptors (Lipinski definition) is 7. The first-order valence-electron chi connectivity index (χ1n) is 14.5. The zero-order valence-corrected chi connectivity index (χ0v) is 25.4. The molecule has 1 aromatic carbocycles. The number of nitrogens with zero attached hydrogens (tertiary/aromatic N) is 3. The Kier molecular flexibility index (Phi) is 8.64. The van der Waals surface area contributed by atoms with Crippen LogP contribution in [0.25, 0.3) is 0 Å². The van der Waals surface area contributed by atoms with E-state index in [1.165, 1.54) is 6.07 Å². The molecule has 1 aromatic rings. The van der Waals surface area contributed by atoms with Crippen molar-refractivity contribution < 1.29 is 32.2 Å². The van der Waals surface area contributed by atoms with Crippen molar-refractivity contribution in [3.05, 3.63) is 29.3 Å².